The fourth-order valence-corrected chi connectivity index (χ4v) is 3.47. The van der Waals surface area contributed by atoms with Gasteiger partial charge < -0.3 is 10.1 Å². The lowest BCUT2D eigenvalue weighted by Crippen LogP contribution is -2.22. The van der Waals surface area contributed by atoms with Crippen LogP contribution in [-0.2, 0) is 10.0 Å². The highest BCUT2D eigenvalue weighted by molar-refractivity contribution is 7.89. The van der Waals surface area contributed by atoms with E-state index in [1.165, 1.54) is 20.2 Å². The molecule has 22 heavy (non-hydrogen) atoms. The molecule has 3 aromatic rings. The number of primary amides is 1. The first-order valence-electron chi connectivity index (χ1n) is 6.59. The Morgan fingerprint density at radius 2 is 1.86 bits per heavy atom. The van der Waals surface area contributed by atoms with Crippen LogP contribution in [0, 0.1) is 0 Å². The Bertz CT molecular complexity index is 1000. The fourth-order valence-electron chi connectivity index (χ4n) is 2.55. The van der Waals surface area contributed by atoms with E-state index in [-0.39, 0.29) is 4.90 Å². The topological polar surface area (TPSA) is 84.9 Å². The summed E-state index contributed by atoms with van der Waals surface area (Å²) in [4.78, 5) is 11.9. The zero-order chi connectivity index (χ0) is 16.1. The van der Waals surface area contributed by atoms with Crippen molar-refractivity contribution in [3.8, 4) is 0 Å². The zero-order valence-electron chi connectivity index (χ0n) is 12.1. The Balaban J connectivity index is 2.44. The first kappa shape index (κ1) is 14.6. The first-order valence-corrected chi connectivity index (χ1v) is 8.03. The predicted molar refractivity (Wildman–Crippen MR) is 84.3 cm³/mol. The van der Waals surface area contributed by atoms with Gasteiger partial charge in [0.05, 0.1) is 21.5 Å². The van der Waals surface area contributed by atoms with Crippen LogP contribution in [0.5, 0.6) is 0 Å². The Kier molecular flexibility index (Phi) is 3.19. The third-order valence-electron chi connectivity index (χ3n) is 3.64. The summed E-state index contributed by atoms with van der Waals surface area (Å²) in [6.07, 6.45) is 1.77. The summed E-state index contributed by atoms with van der Waals surface area (Å²) in [5.41, 5.74) is 7.17. The third kappa shape index (κ3) is 1.98. The average Bonchev–Trinajstić information content (AvgIpc) is 2.80. The number of hydrogen-bond donors (Lipinski definition) is 1. The van der Waals surface area contributed by atoms with Crippen molar-refractivity contribution in [2.24, 2.45) is 5.73 Å². The van der Waals surface area contributed by atoms with E-state index in [1.807, 2.05) is 6.07 Å². The van der Waals surface area contributed by atoms with Crippen molar-refractivity contribution < 1.29 is 13.2 Å². The first-order chi connectivity index (χ1) is 10.3. The molecule has 2 N–H and O–H groups in total. The number of hydrogen-bond acceptors (Lipinski definition) is 3. The van der Waals surface area contributed by atoms with E-state index < -0.39 is 15.9 Å². The van der Waals surface area contributed by atoms with E-state index in [0.29, 0.717) is 22.0 Å². The number of sulfonamides is 1. The molecule has 0 atom stereocenters. The molecular weight excluding hydrogens is 302 g/mol. The second kappa shape index (κ2) is 4.82. The molecule has 2 aromatic heterocycles. The number of carbonyl (C=O) groups is 1. The molecular formula is C15H15N3O3S. The molecule has 2 heterocycles. The molecule has 0 radical (unpaired) electrons. The fraction of sp³-hybridized carbons (Fsp3) is 0.133. The second-order valence-electron chi connectivity index (χ2n) is 5.16. The molecule has 6 nitrogen and oxygen atoms in total. The van der Waals surface area contributed by atoms with E-state index in [0.717, 1.165) is 4.31 Å². The summed E-state index contributed by atoms with van der Waals surface area (Å²) in [5, 5.41) is 0.636. The van der Waals surface area contributed by atoms with E-state index in [2.05, 4.69) is 0 Å². The number of pyridine rings is 1. The number of rotatable bonds is 3. The summed E-state index contributed by atoms with van der Waals surface area (Å²) in [6.45, 7) is 0. The lowest BCUT2D eigenvalue weighted by Gasteiger charge is -2.11. The SMILES string of the molecule is CN(C)S(=O)(=O)c1ccc2c(C(N)=O)c3ccccn3c2c1. The molecule has 7 heteroatoms. The Labute approximate surface area is 127 Å². The van der Waals surface area contributed by atoms with E-state index in [9.17, 15) is 13.2 Å². The summed E-state index contributed by atoms with van der Waals surface area (Å²) in [6, 6.07) is 10.1. The van der Waals surface area contributed by atoms with Gasteiger partial charge in [-0.3, -0.25) is 4.79 Å². The molecule has 0 saturated heterocycles. The monoisotopic (exact) mass is 317 g/mol. The van der Waals surface area contributed by atoms with Crippen molar-refractivity contribution in [1.29, 1.82) is 0 Å². The van der Waals surface area contributed by atoms with Crippen molar-refractivity contribution in [3.05, 3.63) is 48.2 Å². The molecule has 0 saturated carbocycles. The van der Waals surface area contributed by atoms with Gasteiger partial charge in [-0.15, -0.1) is 0 Å². The van der Waals surface area contributed by atoms with Gasteiger partial charge in [0.2, 0.25) is 10.0 Å². The van der Waals surface area contributed by atoms with Crippen LogP contribution in [0.4, 0.5) is 0 Å². The molecule has 0 aliphatic rings. The number of nitrogens with two attached hydrogens (primary N) is 1. The van der Waals surface area contributed by atoms with E-state index in [4.69, 9.17) is 5.73 Å². The second-order valence-corrected chi connectivity index (χ2v) is 7.31. The van der Waals surface area contributed by atoms with Gasteiger partial charge in [-0.2, -0.15) is 0 Å². The van der Waals surface area contributed by atoms with Crippen molar-refractivity contribution in [2.45, 2.75) is 4.90 Å². The molecule has 1 aromatic carbocycles. The highest BCUT2D eigenvalue weighted by Gasteiger charge is 2.21. The van der Waals surface area contributed by atoms with Gasteiger partial charge in [-0.25, -0.2) is 12.7 Å². The number of amides is 1. The zero-order valence-corrected chi connectivity index (χ0v) is 13.0. The number of benzene rings is 1. The number of fused-ring (bicyclic) bond motifs is 3. The highest BCUT2D eigenvalue weighted by atomic mass is 32.2. The summed E-state index contributed by atoms with van der Waals surface area (Å²) < 4.78 is 27.5. The normalized spacial score (nSPS) is 12.3. The maximum atomic E-state index is 12.3. The predicted octanol–water partition coefficient (Wildman–Crippen LogP) is 1.44. The highest BCUT2D eigenvalue weighted by Crippen LogP contribution is 2.29. The Morgan fingerprint density at radius 3 is 2.50 bits per heavy atom. The minimum atomic E-state index is -3.54. The molecule has 114 valence electrons. The Hall–Kier alpha value is -2.38. The van der Waals surface area contributed by atoms with Crippen LogP contribution < -0.4 is 5.73 Å². The van der Waals surface area contributed by atoms with Gasteiger partial charge in [0.25, 0.3) is 5.91 Å². The van der Waals surface area contributed by atoms with Gasteiger partial charge in [-0.1, -0.05) is 12.1 Å². The van der Waals surface area contributed by atoms with Crippen LogP contribution in [0.25, 0.3) is 16.4 Å². The standard InChI is InChI=1S/C15H15N3O3S/c1-17(2)22(20,21)10-6-7-11-13(9-10)18-8-4-3-5-12(18)14(11)15(16)19/h3-9H,1-2H3,(H2,16,19). The maximum Gasteiger partial charge on any atom is 0.251 e. The van der Waals surface area contributed by atoms with Gasteiger partial charge in [0, 0.05) is 25.7 Å². The largest absolute Gasteiger partial charge is 0.366 e. The van der Waals surface area contributed by atoms with E-state index >= 15 is 0 Å². The number of carbonyl (C=O) groups excluding carboxylic acids is 1. The molecule has 0 unspecified atom stereocenters. The lowest BCUT2D eigenvalue weighted by atomic mass is 10.1. The van der Waals surface area contributed by atoms with Crippen LogP contribution in [0.2, 0.25) is 0 Å². The smallest absolute Gasteiger partial charge is 0.251 e. The minimum Gasteiger partial charge on any atom is -0.366 e. The van der Waals surface area contributed by atoms with Crippen molar-refractivity contribution >= 4 is 32.4 Å². The maximum absolute atomic E-state index is 12.3. The quantitative estimate of drug-likeness (QED) is 0.793. The third-order valence-corrected chi connectivity index (χ3v) is 5.45. The number of aromatic nitrogens is 1. The number of nitrogens with zero attached hydrogens (tertiary/aromatic N) is 2. The molecule has 0 bridgehead atoms. The van der Waals surface area contributed by atoms with Crippen LogP contribution >= 0.6 is 0 Å². The van der Waals surface area contributed by atoms with Gasteiger partial charge >= 0.3 is 0 Å². The molecule has 0 aliphatic heterocycles. The summed E-state index contributed by atoms with van der Waals surface area (Å²) in [5.74, 6) is -0.540. The van der Waals surface area contributed by atoms with Gasteiger partial charge in [0.15, 0.2) is 0 Å². The average molecular weight is 317 g/mol. The molecule has 0 spiro atoms. The Morgan fingerprint density at radius 1 is 1.14 bits per heavy atom. The van der Waals surface area contributed by atoms with Crippen molar-refractivity contribution in [1.82, 2.24) is 8.71 Å². The minimum absolute atomic E-state index is 0.171. The molecule has 1 amide bonds. The lowest BCUT2D eigenvalue weighted by molar-refractivity contribution is 0.100. The van der Waals surface area contributed by atoms with Crippen LogP contribution in [-0.4, -0.2) is 37.1 Å². The molecule has 0 fully saturated rings. The van der Waals surface area contributed by atoms with Gasteiger partial charge in [0.1, 0.15) is 0 Å². The van der Waals surface area contributed by atoms with Crippen LogP contribution in [0.1, 0.15) is 10.4 Å². The van der Waals surface area contributed by atoms with Crippen LogP contribution in [0.15, 0.2) is 47.5 Å². The summed E-state index contributed by atoms with van der Waals surface area (Å²) in [7, 11) is -0.591. The molecule has 3 rings (SSSR count). The van der Waals surface area contributed by atoms with Crippen molar-refractivity contribution in [2.75, 3.05) is 14.1 Å². The van der Waals surface area contributed by atoms with Gasteiger partial charge in [-0.05, 0) is 24.3 Å². The van der Waals surface area contributed by atoms with Crippen LogP contribution in [0.3, 0.4) is 0 Å². The molecule has 0 aliphatic carbocycles. The van der Waals surface area contributed by atoms with E-state index in [1.54, 1.807) is 34.9 Å². The van der Waals surface area contributed by atoms with Crippen molar-refractivity contribution in [3.63, 3.8) is 0 Å². The summed E-state index contributed by atoms with van der Waals surface area (Å²) >= 11 is 0.